The van der Waals surface area contributed by atoms with Crippen LogP contribution in [0.4, 0.5) is 8.78 Å². The molecule has 15 heavy (non-hydrogen) atoms. The van der Waals surface area contributed by atoms with Crippen LogP contribution in [0.1, 0.15) is 12.5 Å². The molecule has 0 unspecified atom stereocenters. The molecule has 0 heterocycles. The van der Waals surface area contributed by atoms with E-state index in [-0.39, 0.29) is 18.1 Å². The van der Waals surface area contributed by atoms with E-state index < -0.39 is 19.3 Å². The highest BCUT2D eigenvalue weighted by molar-refractivity contribution is 6.17. The van der Waals surface area contributed by atoms with Gasteiger partial charge in [0.15, 0.2) is 5.75 Å². The largest absolute Gasteiger partial charge is 0.536 e. The Kier molecular flexibility index (Phi) is 3.91. The van der Waals surface area contributed by atoms with Crippen LogP contribution in [0.15, 0.2) is 6.07 Å². The highest BCUT2D eigenvalue weighted by Crippen LogP contribution is 2.31. The summed E-state index contributed by atoms with van der Waals surface area (Å²) in [5.41, 5.74) is 0.367. The number of rotatable bonds is 4. The summed E-state index contributed by atoms with van der Waals surface area (Å²) in [6.45, 7) is 3.46. The van der Waals surface area contributed by atoms with Crippen LogP contribution in [0.3, 0.4) is 0 Å². The first kappa shape index (κ1) is 11.8. The molecule has 3 nitrogen and oxygen atoms in total. The zero-order chi connectivity index (χ0) is 11.4. The van der Waals surface area contributed by atoms with E-state index >= 15 is 0 Å². The van der Waals surface area contributed by atoms with Crippen molar-refractivity contribution >= 4 is 7.69 Å². The van der Waals surface area contributed by atoms with Gasteiger partial charge in [0, 0.05) is 0 Å². The number of aryl methyl sites for hydroxylation is 1. The molecule has 0 fully saturated rings. The van der Waals surface area contributed by atoms with Crippen LogP contribution >= 0.6 is 0 Å². The van der Waals surface area contributed by atoms with Crippen molar-refractivity contribution in [1.82, 2.24) is 0 Å². The fourth-order valence-corrected chi connectivity index (χ4v) is 1.21. The Bertz CT molecular complexity index is 358. The maximum atomic E-state index is 13.3. The molecule has 0 bridgehead atoms. The van der Waals surface area contributed by atoms with Crippen LogP contribution in [-0.2, 0) is 0 Å². The van der Waals surface area contributed by atoms with Gasteiger partial charge in [-0.05, 0) is 25.5 Å². The normalized spacial score (nSPS) is 9.93. The molecule has 1 aromatic carbocycles. The Morgan fingerprint density at radius 3 is 2.60 bits per heavy atom. The van der Waals surface area contributed by atoms with Crippen LogP contribution in [0.2, 0.25) is 0 Å². The monoisotopic (exact) mass is 216 g/mol. The lowest BCUT2D eigenvalue weighted by Gasteiger charge is -2.11. The summed E-state index contributed by atoms with van der Waals surface area (Å²) in [5, 5.41) is 8.49. The van der Waals surface area contributed by atoms with Crippen molar-refractivity contribution in [2.24, 2.45) is 0 Å². The summed E-state index contributed by atoms with van der Waals surface area (Å²) < 4.78 is 36.1. The topological polar surface area (TPSA) is 38.7 Å². The van der Waals surface area contributed by atoms with Gasteiger partial charge in [0.2, 0.25) is 11.6 Å². The van der Waals surface area contributed by atoms with Crippen LogP contribution in [0.5, 0.6) is 11.5 Å². The van der Waals surface area contributed by atoms with Crippen molar-refractivity contribution < 1.29 is 23.2 Å². The Labute approximate surface area is 86.9 Å². The summed E-state index contributed by atoms with van der Waals surface area (Å²) in [6.07, 6.45) is 0. The fraction of sp³-hybridized carbons (Fsp3) is 0.333. The second-order valence-electron chi connectivity index (χ2n) is 2.86. The summed E-state index contributed by atoms with van der Waals surface area (Å²) in [6, 6.07) is 1.33. The van der Waals surface area contributed by atoms with Crippen LogP contribution in [0.25, 0.3) is 0 Å². The summed E-state index contributed by atoms with van der Waals surface area (Å²) in [7, 11) is -0.703. The van der Waals surface area contributed by atoms with E-state index in [1.807, 2.05) is 0 Å². The van der Waals surface area contributed by atoms with Crippen molar-refractivity contribution in [3.63, 3.8) is 0 Å². The molecule has 0 aromatic heterocycles. The Balaban J connectivity index is 3.18. The second kappa shape index (κ2) is 4.98. The Morgan fingerprint density at radius 1 is 1.40 bits per heavy atom. The number of ether oxygens (including phenoxy) is 1. The van der Waals surface area contributed by atoms with Crippen LogP contribution in [0, 0.1) is 18.6 Å². The zero-order valence-corrected chi connectivity index (χ0v) is 8.51. The molecule has 0 saturated heterocycles. The highest BCUT2D eigenvalue weighted by Gasteiger charge is 2.18. The maximum absolute atomic E-state index is 13.3. The van der Waals surface area contributed by atoms with Gasteiger partial charge >= 0.3 is 7.69 Å². The van der Waals surface area contributed by atoms with Gasteiger partial charge in [-0.25, -0.2) is 0 Å². The average molecular weight is 216 g/mol. The van der Waals surface area contributed by atoms with Crippen molar-refractivity contribution in [3.05, 3.63) is 23.3 Å². The van der Waals surface area contributed by atoms with Gasteiger partial charge in [-0.15, -0.1) is 0 Å². The minimum atomic E-state index is -1.15. The van der Waals surface area contributed by atoms with E-state index in [2.05, 4.69) is 4.65 Å². The molecule has 0 radical (unpaired) electrons. The molecule has 0 aliphatic heterocycles. The lowest BCUT2D eigenvalue weighted by atomic mass is 10.2. The molecule has 0 atom stereocenters. The summed E-state index contributed by atoms with van der Waals surface area (Å²) in [4.78, 5) is 0. The highest BCUT2D eigenvalue weighted by atomic mass is 19.2. The van der Waals surface area contributed by atoms with Crippen LogP contribution in [-0.4, -0.2) is 19.3 Å². The maximum Gasteiger partial charge on any atom is 0.504 e. The molecule has 1 aromatic rings. The SMILES string of the molecule is CCOc1cc(C)c(OBO)c(F)c1F. The number of hydrogen-bond acceptors (Lipinski definition) is 3. The Hall–Kier alpha value is -1.30. The van der Waals surface area contributed by atoms with Crippen LogP contribution < -0.4 is 9.39 Å². The number of halogens is 2. The van der Waals surface area contributed by atoms with E-state index in [1.165, 1.54) is 13.0 Å². The first-order chi connectivity index (χ1) is 7.11. The van der Waals surface area contributed by atoms with E-state index in [9.17, 15) is 8.78 Å². The minimum absolute atomic E-state index is 0.155. The lowest BCUT2D eigenvalue weighted by Crippen LogP contribution is -2.06. The smallest absolute Gasteiger partial charge is 0.504 e. The second-order valence-corrected chi connectivity index (χ2v) is 2.86. The molecular weight excluding hydrogens is 205 g/mol. The quantitative estimate of drug-likeness (QED) is 0.771. The molecule has 0 spiro atoms. The molecule has 1 rings (SSSR count). The molecule has 0 aliphatic carbocycles. The number of benzene rings is 1. The van der Waals surface area contributed by atoms with Gasteiger partial charge in [0.25, 0.3) is 0 Å². The third kappa shape index (κ3) is 2.39. The molecule has 0 amide bonds. The standard InChI is InChI=1S/C9H11BF2O3/c1-3-14-6-4-5(2)9(15-10-13)8(12)7(6)11/h4,10,13H,3H2,1-2H3. The third-order valence-corrected chi connectivity index (χ3v) is 1.82. The van der Waals surface area contributed by atoms with E-state index in [0.717, 1.165) is 0 Å². The predicted octanol–water partition coefficient (Wildman–Crippen LogP) is 1.31. The third-order valence-electron chi connectivity index (χ3n) is 1.82. The van der Waals surface area contributed by atoms with Crippen molar-refractivity contribution in [3.8, 4) is 11.5 Å². The summed E-state index contributed by atoms with van der Waals surface area (Å²) >= 11 is 0. The molecule has 1 N–H and O–H groups in total. The fourth-order valence-electron chi connectivity index (χ4n) is 1.21. The van der Waals surface area contributed by atoms with Crippen molar-refractivity contribution in [2.75, 3.05) is 6.61 Å². The molecule has 82 valence electrons. The van der Waals surface area contributed by atoms with E-state index in [0.29, 0.717) is 5.56 Å². The first-order valence-electron chi connectivity index (χ1n) is 4.46. The average Bonchev–Trinajstić information content (AvgIpc) is 2.21. The van der Waals surface area contributed by atoms with Crippen molar-refractivity contribution in [2.45, 2.75) is 13.8 Å². The predicted molar refractivity (Wildman–Crippen MR) is 52.3 cm³/mol. The van der Waals surface area contributed by atoms with E-state index in [4.69, 9.17) is 9.76 Å². The van der Waals surface area contributed by atoms with Gasteiger partial charge in [0.1, 0.15) is 5.75 Å². The molecule has 0 saturated carbocycles. The zero-order valence-electron chi connectivity index (χ0n) is 8.51. The molecule has 0 aliphatic rings. The van der Waals surface area contributed by atoms with Gasteiger partial charge < -0.3 is 14.4 Å². The Morgan fingerprint density at radius 2 is 2.07 bits per heavy atom. The minimum Gasteiger partial charge on any atom is -0.536 e. The molecule has 6 heteroatoms. The van der Waals surface area contributed by atoms with Crippen molar-refractivity contribution in [1.29, 1.82) is 0 Å². The summed E-state index contributed by atoms with van der Waals surface area (Å²) in [5.74, 6) is -2.70. The number of hydrogen-bond donors (Lipinski definition) is 1. The van der Waals surface area contributed by atoms with Gasteiger partial charge in [-0.2, -0.15) is 8.78 Å². The van der Waals surface area contributed by atoms with Gasteiger partial charge in [-0.1, -0.05) is 0 Å². The van der Waals surface area contributed by atoms with E-state index in [1.54, 1.807) is 6.92 Å². The van der Waals surface area contributed by atoms with Gasteiger partial charge in [0.05, 0.1) is 6.61 Å². The lowest BCUT2D eigenvalue weighted by molar-refractivity contribution is 0.309. The van der Waals surface area contributed by atoms with Gasteiger partial charge in [-0.3, -0.25) is 0 Å². The first-order valence-corrected chi connectivity index (χ1v) is 4.46. The molecular formula is C9H11BF2O3.